The van der Waals surface area contributed by atoms with Crippen LogP contribution in [0.25, 0.3) is 6.08 Å². The minimum absolute atomic E-state index is 0.139. The molecule has 0 fully saturated rings. The van der Waals surface area contributed by atoms with E-state index in [1.807, 2.05) is 0 Å². The molecule has 5 nitrogen and oxygen atoms in total. The van der Waals surface area contributed by atoms with Gasteiger partial charge in [0, 0.05) is 12.1 Å². The Bertz CT molecular complexity index is 797. The first-order valence-corrected chi connectivity index (χ1v) is 8.17. The van der Waals surface area contributed by atoms with Crippen molar-refractivity contribution >= 4 is 39.2 Å². The van der Waals surface area contributed by atoms with E-state index in [1.165, 1.54) is 6.07 Å². The summed E-state index contributed by atoms with van der Waals surface area (Å²) in [6, 6.07) is 6.46. The van der Waals surface area contributed by atoms with E-state index >= 15 is 0 Å². The lowest BCUT2D eigenvalue weighted by molar-refractivity contribution is 0.396. The van der Waals surface area contributed by atoms with Gasteiger partial charge in [0.2, 0.25) is 0 Å². The number of benzene rings is 2. The molecule has 0 amide bonds. The van der Waals surface area contributed by atoms with Crippen LogP contribution in [0, 0.1) is 6.92 Å². The van der Waals surface area contributed by atoms with Gasteiger partial charge in [-0.25, -0.2) is 0 Å². The summed E-state index contributed by atoms with van der Waals surface area (Å²) >= 11 is 8.32. The summed E-state index contributed by atoms with van der Waals surface area (Å²) in [5, 5.41) is 41.6. The van der Waals surface area contributed by atoms with Crippen LogP contribution in [-0.2, 0) is 6.54 Å². The van der Waals surface area contributed by atoms with Gasteiger partial charge in [-0.2, -0.15) is 0 Å². The summed E-state index contributed by atoms with van der Waals surface area (Å²) < 4.78 is 0.376. The summed E-state index contributed by atoms with van der Waals surface area (Å²) in [7, 11) is 0. The van der Waals surface area contributed by atoms with Crippen LogP contribution in [0.1, 0.15) is 16.7 Å². The van der Waals surface area contributed by atoms with E-state index in [2.05, 4.69) is 21.2 Å². The Hall–Kier alpha value is -2.25. The van der Waals surface area contributed by atoms with E-state index in [-0.39, 0.29) is 29.5 Å². The number of aromatic hydroxyl groups is 4. The molecule has 0 heterocycles. The van der Waals surface area contributed by atoms with E-state index in [4.69, 9.17) is 12.2 Å². The van der Waals surface area contributed by atoms with Crippen molar-refractivity contribution in [3.8, 4) is 23.0 Å². The molecule has 126 valence electrons. The highest BCUT2D eigenvalue weighted by atomic mass is 79.9. The molecule has 0 aliphatic carbocycles. The van der Waals surface area contributed by atoms with Crippen molar-refractivity contribution in [2.24, 2.45) is 0 Å². The first-order valence-electron chi connectivity index (χ1n) is 6.97. The number of aryl methyl sites for hydroxylation is 1. The lowest BCUT2D eigenvalue weighted by Gasteiger charge is -2.09. The van der Waals surface area contributed by atoms with Crippen LogP contribution in [-0.4, -0.2) is 25.4 Å². The van der Waals surface area contributed by atoms with Crippen LogP contribution in [0.2, 0.25) is 0 Å². The maximum atomic E-state index is 9.88. The highest BCUT2D eigenvalue weighted by Gasteiger charge is 2.09. The summed E-state index contributed by atoms with van der Waals surface area (Å²) in [5.74, 6) is -0.757. The summed E-state index contributed by atoms with van der Waals surface area (Å²) in [5.41, 5.74) is 1.77. The average Bonchev–Trinajstić information content (AvgIpc) is 2.55. The predicted octanol–water partition coefficient (Wildman–Crippen LogP) is 3.71. The number of hydrogen-bond acceptors (Lipinski definition) is 5. The third-order valence-electron chi connectivity index (χ3n) is 3.38. The van der Waals surface area contributed by atoms with E-state index in [0.717, 1.165) is 0 Å². The van der Waals surface area contributed by atoms with Gasteiger partial charge >= 0.3 is 0 Å². The van der Waals surface area contributed by atoms with Gasteiger partial charge < -0.3 is 25.7 Å². The van der Waals surface area contributed by atoms with E-state index in [0.29, 0.717) is 26.2 Å². The number of hydrogen-bond donors (Lipinski definition) is 5. The third kappa shape index (κ3) is 4.18. The maximum absolute atomic E-state index is 9.88. The molecule has 0 spiro atoms. The fourth-order valence-electron chi connectivity index (χ4n) is 1.98. The Balaban J connectivity index is 2.03. The SMILES string of the molecule is Cc1ccc(CNC(=S)/C=C/c2cc(O)c(O)c(Br)c2)c(O)c1O. The van der Waals surface area contributed by atoms with E-state index in [9.17, 15) is 20.4 Å². The Morgan fingerprint density at radius 1 is 1.12 bits per heavy atom. The average molecular weight is 410 g/mol. The summed E-state index contributed by atoms with van der Waals surface area (Å²) in [4.78, 5) is 0.415. The zero-order chi connectivity index (χ0) is 17.9. The highest BCUT2D eigenvalue weighted by Crippen LogP contribution is 2.34. The van der Waals surface area contributed by atoms with Gasteiger partial charge in [0.1, 0.15) is 0 Å². The summed E-state index contributed by atoms with van der Waals surface area (Å²) in [6.07, 6.45) is 3.30. The van der Waals surface area contributed by atoms with Crippen LogP contribution >= 0.6 is 28.1 Å². The first kappa shape index (κ1) is 18.1. The lowest BCUT2D eigenvalue weighted by atomic mass is 10.1. The van der Waals surface area contributed by atoms with Crippen molar-refractivity contribution in [2.45, 2.75) is 13.5 Å². The van der Waals surface area contributed by atoms with E-state index < -0.39 is 0 Å². The Morgan fingerprint density at radius 3 is 2.50 bits per heavy atom. The van der Waals surface area contributed by atoms with Gasteiger partial charge in [-0.1, -0.05) is 30.4 Å². The number of phenols is 4. The van der Waals surface area contributed by atoms with Gasteiger partial charge in [-0.3, -0.25) is 0 Å². The molecule has 0 bridgehead atoms. The molecule has 24 heavy (non-hydrogen) atoms. The largest absolute Gasteiger partial charge is 0.504 e. The monoisotopic (exact) mass is 409 g/mol. The zero-order valence-electron chi connectivity index (χ0n) is 12.7. The van der Waals surface area contributed by atoms with Crippen LogP contribution in [0.3, 0.4) is 0 Å². The second-order valence-electron chi connectivity index (χ2n) is 5.16. The fraction of sp³-hybridized carbons (Fsp3) is 0.118. The maximum Gasteiger partial charge on any atom is 0.171 e. The Kier molecular flexibility index (Phi) is 5.69. The molecule has 0 radical (unpaired) electrons. The van der Waals surface area contributed by atoms with Crippen molar-refractivity contribution in [3.63, 3.8) is 0 Å². The first-order chi connectivity index (χ1) is 11.3. The van der Waals surface area contributed by atoms with Gasteiger partial charge in [-0.05, 0) is 52.2 Å². The molecule has 0 saturated carbocycles. The minimum Gasteiger partial charge on any atom is -0.504 e. The quantitative estimate of drug-likeness (QED) is 0.300. The van der Waals surface area contributed by atoms with Gasteiger partial charge in [0.25, 0.3) is 0 Å². The van der Waals surface area contributed by atoms with Crippen molar-refractivity contribution in [2.75, 3.05) is 0 Å². The topological polar surface area (TPSA) is 93.0 Å². The molecule has 0 atom stereocenters. The second-order valence-corrected chi connectivity index (χ2v) is 6.45. The number of thiocarbonyl (C=S) groups is 1. The number of rotatable bonds is 4. The standard InChI is InChI=1S/C17H16BrNO4S/c1-9-2-4-11(16(22)15(9)21)8-19-14(24)5-3-10-6-12(18)17(23)13(20)7-10/h2-7,20-23H,8H2,1H3,(H,19,24)/b5-3+. The van der Waals surface area contributed by atoms with Crippen LogP contribution in [0.15, 0.2) is 34.8 Å². The van der Waals surface area contributed by atoms with Gasteiger partial charge in [0.05, 0.1) is 9.46 Å². The Morgan fingerprint density at radius 2 is 1.83 bits per heavy atom. The van der Waals surface area contributed by atoms with Gasteiger partial charge in [0.15, 0.2) is 23.0 Å². The molecular weight excluding hydrogens is 394 g/mol. The number of phenolic OH excluding ortho intramolecular Hbond substituents is 4. The van der Waals surface area contributed by atoms with Crippen LogP contribution < -0.4 is 5.32 Å². The molecule has 2 aromatic rings. The van der Waals surface area contributed by atoms with Crippen molar-refractivity contribution in [3.05, 3.63) is 51.5 Å². The minimum atomic E-state index is -0.233. The van der Waals surface area contributed by atoms with E-state index in [1.54, 1.807) is 37.3 Å². The van der Waals surface area contributed by atoms with Crippen molar-refractivity contribution in [1.82, 2.24) is 5.32 Å². The van der Waals surface area contributed by atoms with Gasteiger partial charge in [-0.15, -0.1) is 0 Å². The molecule has 0 aliphatic heterocycles. The summed E-state index contributed by atoms with van der Waals surface area (Å²) in [6.45, 7) is 1.96. The molecule has 0 unspecified atom stereocenters. The second kappa shape index (κ2) is 7.55. The Labute approximate surface area is 153 Å². The highest BCUT2D eigenvalue weighted by molar-refractivity contribution is 9.10. The molecule has 0 aliphatic rings. The molecule has 0 aromatic heterocycles. The lowest BCUT2D eigenvalue weighted by Crippen LogP contribution is -2.18. The third-order valence-corrected chi connectivity index (χ3v) is 4.27. The molecular formula is C17H16BrNO4S. The van der Waals surface area contributed by atoms with Crippen molar-refractivity contribution < 1.29 is 20.4 Å². The molecule has 5 N–H and O–H groups in total. The smallest absolute Gasteiger partial charge is 0.171 e. The fourth-order valence-corrected chi connectivity index (χ4v) is 2.59. The molecule has 2 aromatic carbocycles. The number of nitrogens with one attached hydrogen (secondary N) is 1. The predicted molar refractivity (Wildman–Crippen MR) is 100 cm³/mol. The van der Waals surface area contributed by atoms with Crippen LogP contribution in [0.4, 0.5) is 0 Å². The molecule has 0 saturated heterocycles. The number of halogens is 1. The normalized spacial score (nSPS) is 10.9. The van der Waals surface area contributed by atoms with Crippen LogP contribution in [0.5, 0.6) is 23.0 Å². The van der Waals surface area contributed by atoms with Crippen molar-refractivity contribution in [1.29, 1.82) is 0 Å². The molecule has 7 heteroatoms. The molecule has 2 rings (SSSR count). The zero-order valence-corrected chi connectivity index (χ0v) is 15.1.